The monoisotopic (exact) mass is 423 g/mol. The molecule has 0 saturated heterocycles. The molecule has 0 bridgehead atoms. The molecular weight excluding hydrogens is 398 g/mol. The molecule has 0 fully saturated rings. The largest absolute Gasteiger partial charge is 0.494 e. The average Bonchev–Trinajstić information content (AvgIpc) is 3.08. The Kier molecular flexibility index (Phi) is 7.63. The van der Waals surface area contributed by atoms with Crippen LogP contribution in [-0.2, 0) is 9.53 Å². The molecule has 3 aromatic rings. The minimum absolute atomic E-state index is 0.155. The molecule has 1 amide bonds. The highest BCUT2D eigenvalue weighted by atomic mass is 32.1. The van der Waals surface area contributed by atoms with Crippen molar-refractivity contribution in [1.82, 2.24) is 0 Å². The first-order chi connectivity index (χ1) is 14.6. The Labute approximate surface area is 180 Å². The number of ether oxygens (including phenoxy) is 2. The Morgan fingerprint density at radius 3 is 2.33 bits per heavy atom. The average molecular weight is 424 g/mol. The fraction of sp³-hybridized carbons (Fsp3) is 0.250. The molecule has 2 aromatic carbocycles. The second kappa shape index (κ2) is 10.6. The van der Waals surface area contributed by atoms with E-state index in [4.69, 9.17) is 9.47 Å². The molecule has 30 heavy (non-hydrogen) atoms. The lowest BCUT2D eigenvalue weighted by atomic mass is 10.0. The number of esters is 1. The van der Waals surface area contributed by atoms with Crippen molar-refractivity contribution in [1.29, 1.82) is 0 Å². The van der Waals surface area contributed by atoms with E-state index in [9.17, 15) is 9.59 Å². The van der Waals surface area contributed by atoms with Crippen LogP contribution < -0.4 is 10.1 Å². The van der Waals surface area contributed by atoms with E-state index >= 15 is 0 Å². The highest BCUT2D eigenvalue weighted by molar-refractivity contribution is 7.17. The third kappa shape index (κ3) is 5.48. The SMILES string of the molecule is CCOC(=O)c1c(NC(=O)CCCOc2ccccc2)sc(C)c1-c1ccccc1. The molecule has 156 valence electrons. The van der Waals surface area contributed by atoms with E-state index in [1.807, 2.05) is 67.6 Å². The number of aryl methyl sites for hydroxylation is 1. The zero-order valence-corrected chi connectivity index (χ0v) is 18.0. The number of thiophene rings is 1. The summed E-state index contributed by atoms with van der Waals surface area (Å²) in [5.41, 5.74) is 2.15. The molecule has 6 heteroatoms. The van der Waals surface area contributed by atoms with Gasteiger partial charge in [0.25, 0.3) is 0 Å². The molecule has 1 N–H and O–H groups in total. The lowest BCUT2D eigenvalue weighted by molar-refractivity contribution is -0.116. The summed E-state index contributed by atoms with van der Waals surface area (Å²) in [7, 11) is 0. The minimum atomic E-state index is -0.427. The van der Waals surface area contributed by atoms with Crippen molar-refractivity contribution < 1.29 is 19.1 Å². The smallest absolute Gasteiger partial charge is 0.341 e. The molecular formula is C24H25NO4S. The number of benzene rings is 2. The van der Waals surface area contributed by atoms with Gasteiger partial charge in [-0.15, -0.1) is 11.3 Å². The molecule has 0 atom stereocenters. The number of hydrogen-bond donors (Lipinski definition) is 1. The first kappa shape index (κ1) is 21.6. The van der Waals surface area contributed by atoms with Crippen molar-refractivity contribution in [3.05, 3.63) is 71.1 Å². The van der Waals surface area contributed by atoms with Gasteiger partial charge in [0.15, 0.2) is 0 Å². The topological polar surface area (TPSA) is 64.6 Å². The van der Waals surface area contributed by atoms with Crippen LogP contribution in [0.1, 0.15) is 35.0 Å². The Bertz CT molecular complexity index is 983. The maximum Gasteiger partial charge on any atom is 0.341 e. The number of amides is 1. The van der Waals surface area contributed by atoms with Gasteiger partial charge in [0, 0.05) is 16.9 Å². The number of rotatable bonds is 9. The van der Waals surface area contributed by atoms with Gasteiger partial charge in [-0.25, -0.2) is 4.79 Å². The molecule has 1 heterocycles. The number of para-hydroxylation sites is 1. The Hall–Kier alpha value is -3.12. The molecule has 0 aliphatic rings. The maximum atomic E-state index is 12.7. The van der Waals surface area contributed by atoms with Crippen LogP contribution in [0.2, 0.25) is 0 Å². The number of anilines is 1. The second-order valence-corrected chi connectivity index (χ2v) is 7.86. The molecule has 0 saturated carbocycles. The summed E-state index contributed by atoms with van der Waals surface area (Å²) < 4.78 is 10.9. The number of carbonyl (C=O) groups is 2. The van der Waals surface area contributed by atoms with Gasteiger partial charge >= 0.3 is 5.97 Å². The van der Waals surface area contributed by atoms with E-state index in [1.165, 1.54) is 11.3 Å². The molecule has 0 spiro atoms. The van der Waals surface area contributed by atoms with Gasteiger partial charge < -0.3 is 14.8 Å². The van der Waals surface area contributed by atoms with E-state index in [0.29, 0.717) is 30.0 Å². The highest BCUT2D eigenvalue weighted by Crippen LogP contribution is 2.40. The Morgan fingerprint density at radius 1 is 1.00 bits per heavy atom. The predicted octanol–water partition coefficient (Wildman–Crippen LogP) is 5.70. The van der Waals surface area contributed by atoms with Crippen LogP contribution in [0.5, 0.6) is 5.75 Å². The lowest BCUT2D eigenvalue weighted by Gasteiger charge is -2.09. The first-order valence-electron chi connectivity index (χ1n) is 9.93. The van der Waals surface area contributed by atoms with E-state index in [0.717, 1.165) is 21.8 Å². The third-order valence-electron chi connectivity index (χ3n) is 4.44. The second-order valence-electron chi connectivity index (χ2n) is 6.64. The van der Waals surface area contributed by atoms with Crippen molar-refractivity contribution in [3.8, 4) is 16.9 Å². The van der Waals surface area contributed by atoms with Crippen molar-refractivity contribution in [2.24, 2.45) is 0 Å². The van der Waals surface area contributed by atoms with Crippen molar-refractivity contribution in [2.45, 2.75) is 26.7 Å². The van der Waals surface area contributed by atoms with Crippen LogP contribution in [0.15, 0.2) is 60.7 Å². The molecule has 0 aliphatic carbocycles. The van der Waals surface area contributed by atoms with Gasteiger partial charge in [0.2, 0.25) is 5.91 Å². The quantitative estimate of drug-likeness (QED) is 0.354. The maximum absolute atomic E-state index is 12.7. The first-order valence-corrected chi connectivity index (χ1v) is 10.8. The minimum Gasteiger partial charge on any atom is -0.494 e. The van der Waals surface area contributed by atoms with Gasteiger partial charge in [-0.3, -0.25) is 4.79 Å². The van der Waals surface area contributed by atoms with Crippen LogP contribution in [0.3, 0.4) is 0 Å². The van der Waals surface area contributed by atoms with Crippen LogP contribution in [0.25, 0.3) is 11.1 Å². The molecule has 1 aromatic heterocycles. The van der Waals surface area contributed by atoms with Crippen LogP contribution in [0.4, 0.5) is 5.00 Å². The fourth-order valence-electron chi connectivity index (χ4n) is 3.11. The summed E-state index contributed by atoms with van der Waals surface area (Å²) in [4.78, 5) is 26.1. The summed E-state index contributed by atoms with van der Waals surface area (Å²) >= 11 is 1.39. The lowest BCUT2D eigenvalue weighted by Crippen LogP contribution is -2.15. The van der Waals surface area contributed by atoms with E-state index in [1.54, 1.807) is 6.92 Å². The Balaban J connectivity index is 1.70. The van der Waals surface area contributed by atoms with Gasteiger partial charge in [-0.05, 0) is 38.0 Å². The molecule has 5 nitrogen and oxygen atoms in total. The summed E-state index contributed by atoms with van der Waals surface area (Å²) in [5.74, 6) is 0.199. The van der Waals surface area contributed by atoms with Crippen molar-refractivity contribution in [3.63, 3.8) is 0 Å². The predicted molar refractivity (Wildman–Crippen MR) is 120 cm³/mol. The summed E-state index contributed by atoms with van der Waals surface area (Å²) in [6.45, 7) is 4.43. The van der Waals surface area contributed by atoms with Crippen molar-refractivity contribution in [2.75, 3.05) is 18.5 Å². The van der Waals surface area contributed by atoms with Crippen LogP contribution in [-0.4, -0.2) is 25.1 Å². The van der Waals surface area contributed by atoms with E-state index in [2.05, 4.69) is 5.32 Å². The third-order valence-corrected chi connectivity index (χ3v) is 5.46. The highest BCUT2D eigenvalue weighted by Gasteiger charge is 2.25. The van der Waals surface area contributed by atoms with Gasteiger partial charge in [0.05, 0.1) is 13.2 Å². The number of carbonyl (C=O) groups excluding carboxylic acids is 2. The number of nitrogens with one attached hydrogen (secondary N) is 1. The van der Waals surface area contributed by atoms with Gasteiger partial charge in [-0.2, -0.15) is 0 Å². The molecule has 0 radical (unpaired) electrons. The van der Waals surface area contributed by atoms with E-state index < -0.39 is 5.97 Å². The van der Waals surface area contributed by atoms with Gasteiger partial charge in [-0.1, -0.05) is 48.5 Å². The summed E-state index contributed by atoms with van der Waals surface area (Å²) in [5, 5.41) is 3.43. The van der Waals surface area contributed by atoms with E-state index in [-0.39, 0.29) is 12.5 Å². The van der Waals surface area contributed by atoms with Crippen LogP contribution >= 0.6 is 11.3 Å². The zero-order valence-electron chi connectivity index (χ0n) is 17.1. The molecule has 3 rings (SSSR count). The summed E-state index contributed by atoms with van der Waals surface area (Å²) in [6, 6.07) is 19.2. The molecule has 0 unspecified atom stereocenters. The fourth-order valence-corrected chi connectivity index (χ4v) is 4.19. The Morgan fingerprint density at radius 2 is 1.67 bits per heavy atom. The van der Waals surface area contributed by atoms with Crippen LogP contribution in [0, 0.1) is 6.92 Å². The zero-order chi connectivity index (χ0) is 21.3. The number of hydrogen-bond acceptors (Lipinski definition) is 5. The summed E-state index contributed by atoms with van der Waals surface area (Å²) in [6.07, 6.45) is 0.873. The molecule has 0 aliphatic heterocycles. The van der Waals surface area contributed by atoms with Gasteiger partial charge in [0.1, 0.15) is 16.3 Å². The normalized spacial score (nSPS) is 10.5. The van der Waals surface area contributed by atoms with Crippen molar-refractivity contribution >= 4 is 28.2 Å². The standard InChI is InChI=1S/C24H25NO4S/c1-3-28-24(27)22-21(18-11-6-4-7-12-18)17(2)30-23(22)25-20(26)15-10-16-29-19-13-8-5-9-14-19/h4-9,11-14H,3,10,15-16H2,1-2H3,(H,25,26).